The van der Waals surface area contributed by atoms with E-state index in [2.05, 4.69) is 21.3 Å². The van der Waals surface area contributed by atoms with E-state index in [1.54, 1.807) is 24.3 Å². The van der Waals surface area contributed by atoms with E-state index >= 15 is 0 Å². The molecular formula is C22H31N5O2. The van der Waals surface area contributed by atoms with Crippen molar-refractivity contribution in [2.24, 2.45) is 5.73 Å². The largest absolute Gasteiger partial charge is 0.351 e. The van der Waals surface area contributed by atoms with Crippen molar-refractivity contribution >= 4 is 11.7 Å². The van der Waals surface area contributed by atoms with Crippen molar-refractivity contribution in [3.05, 3.63) is 71.8 Å². The maximum Gasteiger partial charge on any atom is 0.251 e. The first-order valence-electron chi connectivity index (χ1n) is 9.98. The molecule has 0 saturated heterocycles. The summed E-state index contributed by atoms with van der Waals surface area (Å²) in [6.45, 7) is 4.92. The number of hydrogen-bond donors (Lipinski definition) is 5. The topological polar surface area (TPSA) is 108 Å². The average molecular weight is 398 g/mol. The van der Waals surface area contributed by atoms with Gasteiger partial charge in [0.15, 0.2) is 5.78 Å². The van der Waals surface area contributed by atoms with Crippen molar-refractivity contribution in [2.75, 3.05) is 45.8 Å². The molecule has 0 heterocycles. The highest BCUT2D eigenvalue weighted by atomic mass is 16.1. The molecule has 7 heteroatoms. The van der Waals surface area contributed by atoms with Gasteiger partial charge in [0.05, 0.1) is 6.04 Å². The van der Waals surface area contributed by atoms with E-state index < -0.39 is 6.04 Å². The van der Waals surface area contributed by atoms with E-state index in [0.717, 1.165) is 32.7 Å². The highest BCUT2D eigenvalue weighted by Gasteiger charge is 2.14. The number of ketones is 1. The first kappa shape index (κ1) is 22.7. The minimum absolute atomic E-state index is 0.0467. The monoisotopic (exact) mass is 397 g/mol. The van der Waals surface area contributed by atoms with Crippen molar-refractivity contribution < 1.29 is 9.59 Å². The number of Topliss-reactive ketones (excluding diaryl/α,β-unsaturated/α-hetero) is 1. The average Bonchev–Trinajstić information content (AvgIpc) is 2.77. The lowest BCUT2D eigenvalue weighted by atomic mass is 10.1. The summed E-state index contributed by atoms with van der Waals surface area (Å²) in [5, 5.41) is 12.7. The number of hydrogen-bond acceptors (Lipinski definition) is 6. The van der Waals surface area contributed by atoms with E-state index in [0.29, 0.717) is 24.2 Å². The maximum atomic E-state index is 12.1. The molecule has 2 aromatic carbocycles. The lowest BCUT2D eigenvalue weighted by Crippen LogP contribution is -2.42. The summed E-state index contributed by atoms with van der Waals surface area (Å²) in [4.78, 5) is 24.0. The highest BCUT2D eigenvalue weighted by molar-refractivity contribution is 6.00. The zero-order valence-corrected chi connectivity index (χ0v) is 16.7. The van der Waals surface area contributed by atoms with Gasteiger partial charge in [0.2, 0.25) is 0 Å². The summed E-state index contributed by atoms with van der Waals surface area (Å²) >= 11 is 0. The molecule has 0 spiro atoms. The number of carbonyl (C=O) groups is 2. The van der Waals surface area contributed by atoms with Gasteiger partial charge in [0, 0.05) is 56.9 Å². The van der Waals surface area contributed by atoms with E-state index in [9.17, 15) is 9.59 Å². The molecule has 1 amide bonds. The molecule has 7 nitrogen and oxygen atoms in total. The highest BCUT2D eigenvalue weighted by Crippen LogP contribution is 2.01. The van der Waals surface area contributed by atoms with Crippen molar-refractivity contribution in [3.8, 4) is 0 Å². The fourth-order valence-corrected chi connectivity index (χ4v) is 2.73. The zero-order valence-electron chi connectivity index (χ0n) is 16.7. The molecule has 29 heavy (non-hydrogen) atoms. The Morgan fingerprint density at radius 3 is 1.76 bits per heavy atom. The van der Waals surface area contributed by atoms with E-state index in [4.69, 9.17) is 5.73 Å². The standard InChI is InChI=1S/C22H31N5O2/c23-20(21(28)18-7-3-1-4-8-18)17-26-14-13-24-11-12-25-15-16-27-22(29)19-9-5-2-6-10-19/h1-10,20,24-26H,11-17,23H2,(H,27,29). The molecule has 0 saturated carbocycles. The van der Waals surface area contributed by atoms with Gasteiger partial charge in [0.1, 0.15) is 0 Å². The van der Waals surface area contributed by atoms with Crippen LogP contribution in [0.4, 0.5) is 0 Å². The van der Waals surface area contributed by atoms with Crippen LogP contribution in [0, 0.1) is 0 Å². The van der Waals surface area contributed by atoms with Gasteiger partial charge >= 0.3 is 0 Å². The molecule has 0 aliphatic heterocycles. The van der Waals surface area contributed by atoms with E-state index in [-0.39, 0.29) is 11.7 Å². The normalized spacial score (nSPS) is 11.8. The molecule has 2 rings (SSSR count). The predicted molar refractivity (Wildman–Crippen MR) is 116 cm³/mol. The van der Waals surface area contributed by atoms with Crippen LogP contribution in [0.5, 0.6) is 0 Å². The Balaban J connectivity index is 1.41. The van der Waals surface area contributed by atoms with Crippen LogP contribution in [0.25, 0.3) is 0 Å². The van der Waals surface area contributed by atoms with Crippen LogP contribution in [0.15, 0.2) is 60.7 Å². The smallest absolute Gasteiger partial charge is 0.251 e. The first-order valence-corrected chi connectivity index (χ1v) is 9.98. The van der Waals surface area contributed by atoms with Gasteiger partial charge in [-0.3, -0.25) is 9.59 Å². The molecule has 156 valence electrons. The molecule has 1 unspecified atom stereocenters. The third-order valence-corrected chi connectivity index (χ3v) is 4.34. The van der Waals surface area contributed by atoms with Crippen LogP contribution < -0.4 is 27.0 Å². The first-order chi connectivity index (χ1) is 14.2. The SMILES string of the molecule is NC(CNCCNCCNCCNC(=O)c1ccccc1)C(=O)c1ccccc1. The van der Waals surface area contributed by atoms with Crippen LogP contribution >= 0.6 is 0 Å². The number of rotatable bonds is 14. The fourth-order valence-electron chi connectivity index (χ4n) is 2.73. The summed E-state index contributed by atoms with van der Waals surface area (Å²) in [5.74, 6) is -0.102. The van der Waals surface area contributed by atoms with Crippen molar-refractivity contribution in [2.45, 2.75) is 6.04 Å². The molecule has 0 aliphatic rings. The van der Waals surface area contributed by atoms with Gasteiger partial charge in [-0.1, -0.05) is 48.5 Å². The quantitative estimate of drug-likeness (QED) is 0.233. The van der Waals surface area contributed by atoms with Crippen molar-refractivity contribution in [1.82, 2.24) is 21.3 Å². The lowest BCUT2D eigenvalue weighted by molar-refractivity contribution is 0.0948. The Morgan fingerprint density at radius 2 is 1.17 bits per heavy atom. The number of benzene rings is 2. The van der Waals surface area contributed by atoms with E-state index in [1.807, 2.05) is 36.4 Å². The molecule has 1 atom stereocenters. The molecule has 0 aromatic heterocycles. The van der Waals surface area contributed by atoms with Gasteiger partial charge in [-0.2, -0.15) is 0 Å². The van der Waals surface area contributed by atoms with Crippen LogP contribution in [0.2, 0.25) is 0 Å². The number of nitrogens with two attached hydrogens (primary N) is 1. The molecule has 0 aliphatic carbocycles. The maximum absolute atomic E-state index is 12.1. The summed E-state index contributed by atoms with van der Waals surface area (Å²) in [7, 11) is 0. The number of amides is 1. The zero-order chi connectivity index (χ0) is 20.7. The van der Waals surface area contributed by atoms with Gasteiger partial charge in [-0.25, -0.2) is 0 Å². The Labute approximate surface area is 172 Å². The Bertz CT molecular complexity index is 724. The minimum atomic E-state index is -0.537. The van der Waals surface area contributed by atoms with Crippen LogP contribution in [-0.4, -0.2) is 63.5 Å². The van der Waals surface area contributed by atoms with Gasteiger partial charge < -0.3 is 27.0 Å². The Kier molecular flexibility index (Phi) is 10.6. The van der Waals surface area contributed by atoms with Gasteiger partial charge in [-0.05, 0) is 12.1 Å². The second-order valence-electron chi connectivity index (χ2n) is 6.66. The Morgan fingerprint density at radius 1 is 0.690 bits per heavy atom. The molecule has 2 aromatic rings. The number of carbonyl (C=O) groups excluding carboxylic acids is 2. The third-order valence-electron chi connectivity index (χ3n) is 4.34. The van der Waals surface area contributed by atoms with Crippen LogP contribution in [0.1, 0.15) is 20.7 Å². The van der Waals surface area contributed by atoms with E-state index in [1.165, 1.54) is 0 Å². The predicted octanol–water partition coefficient (Wildman–Crippen LogP) is 0.395. The van der Waals surface area contributed by atoms with Crippen LogP contribution in [-0.2, 0) is 0 Å². The summed E-state index contributed by atoms with van der Waals surface area (Å²) in [6.07, 6.45) is 0. The second-order valence-corrected chi connectivity index (χ2v) is 6.66. The summed E-state index contributed by atoms with van der Waals surface area (Å²) < 4.78 is 0. The number of nitrogens with one attached hydrogen (secondary N) is 4. The molecule has 6 N–H and O–H groups in total. The minimum Gasteiger partial charge on any atom is -0.351 e. The third kappa shape index (κ3) is 8.97. The van der Waals surface area contributed by atoms with Crippen molar-refractivity contribution in [3.63, 3.8) is 0 Å². The van der Waals surface area contributed by atoms with Crippen LogP contribution in [0.3, 0.4) is 0 Å². The fraction of sp³-hybridized carbons (Fsp3) is 0.364. The van der Waals surface area contributed by atoms with Gasteiger partial charge in [-0.15, -0.1) is 0 Å². The summed E-state index contributed by atoms with van der Waals surface area (Å²) in [6, 6.07) is 17.8. The van der Waals surface area contributed by atoms with Crippen molar-refractivity contribution in [1.29, 1.82) is 0 Å². The molecule has 0 bridgehead atoms. The summed E-state index contributed by atoms with van der Waals surface area (Å²) in [5.41, 5.74) is 7.26. The molecule has 0 radical (unpaired) electrons. The second kappa shape index (κ2) is 13.6. The molecular weight excluding hydrogens is 366 g/mol. The Hall–Kier alpha value is -2.58. The molecule has 0 fully saturated rings. The lowest BCUT2D eigenvalue weighted by Gasteiger charge is -2.12. The van der Waals surface area contributed by atoms with Gasteiger partial charge in [0.25, 0.3) is 5.91 Å².